The van der Waals surface area contributed by atoms with Crippen molar-refractivity contribution in [1.29, 1.82) is 0 Å². The molecule has 1 N–H and O–H groups in total. The molecule has 0 aliphatic carbocycles. The lowest BCUT2D eigenvalue weighted by atomic mass is 9.90. The van der Waals surface area contributed by atoms with E-state index in [9.17, 15) is 13.2 Å². The molecule has 0 saturated carbocycles. The van der Waals surface area contributed by atoms with Crippen LogP contribution in [0.3, 0.4) is 0 Å². The maximum absolute atomic E-state index is 13.2. The summed E-state index contributed by atoms with van der Waals surface area (Å²) in [5, 5.41) is 3.30. The Morgan fingerprint density at radius 1 is 1.36 bits per heavy atom. The molecule has 0 bridgehead atoms. The molecule has 0 spiro atoms. The van der Waals surface area contributed by atoms with Gasteiger partial charge in [-0.25, -0.2) is 0 Å². The lowest BCUT2D eigenvalue weighted by molar-refractivity contribution is -0.139. The highest BCUT2D eigenvalue weighted by Crippen LogP contribution is 2.43. The van der Waals surface area contributed by atoms with Crippen LogP contribution in [-0.2, 0) is 6.18 Å². The van der Waals surface area contributed by atoms with E-state index in [2.05, 4.69) is 5.32 Å². The second kappa shape index (κ2) is 8.31. The summed E-state index contributed by atoms with van der Waals surface area (Å²) in [6, 6.07) is 2.83. The first-order chi connectivity index (χ1) is 9.97. The average Bonchev–Trinajstić information content (AvgIpc) is 2.47. The van der Waals surface area contributed by atoms with Crippen molar-refractivity contribution in [3.05, 3.63) is 23.3 Å². The fourth-order valence-electron chi connectivity index (χ4n) is 2.69. The SMILES string of the molecule is CCSc1cc(C2CCCNC2)c(OC)cc1C(F)(F)F.Cl. The molecule has 1 aliphatic rings. The molecular weight excluding hydrogens is 335 g/mol. The highest BCUT2D eigenvalue weighted by atomic mass is 35.5. The number of hydrogen-bond donors (Lipinski definition) is 1. The highest BCUT2D eigenvalue weighted by molar-refractivity contribution is 7.99. The van der Waals surface area contributed by atoms with Crippen LogP contribution in [0.5, 0.6) is 5.75 Å². The van der Waals surface area contributed by atoms with Gasteiger partial charge >= 0.3 is 6.18 Å². The molecule has 1 unspecified atom stereocenters. The molecule has 22 heavy (non-hydrogen) atoms. The largest absolute Gasteiger partial charge is 0.496 e. The van der Waals surface area contributed by atoms with E-state index in [1.165, 1.54) is 18.9 Å². The van der Waals surface area contributed by atoms with Crippen LogP contribution in [-0.4, -0.2) is 26.0 Å². The van der Waals surface area contributed by atoms with Gasteiger partial charge in [0.2, 0.25) is 0 Å². The van der Waals surface area contributed by atoms with Crippen LogP contribution in [0.15, 0.2) is 17.0 Å². The third kappa shape index (κ3) is 4.46. The van der Waals surface area contributed by atoms with Crippen LogP contribution in [0.25, 0.3) is 0 Å². The molecular formula is C15H21ClF3NOS. The summed E-state index contributed by atoms with van der Waals surface area (Å²) in [6.45, 7) is 3.62. The van der Waals surface area contributed by atoms with Crippen molar-refractivity contribution in [2.75, 3.05) is 26.0 Å². The topological polar surface area (TPSA) is 21.3 Å². The van der Waals surface area contributed by atoms with E-state index in [4.69, 9.17) is 4.74 Å². The summed E-state index contributed by atoms with van der Waals surface area (Å²) in [6.07, 6.45) is -2.34. The van der Waals surface area contributed by atoms with E-state index in [1.807, 2.05) is 6.92 Å². The van der Waals surface area contributed by atoms with E-state index in [-0.39, 0.29) is 18.3 Å². The van der Waals surface area contributed by atoms with Crippen molar-refractivity contribution in [2.45, 2.75) is 36.8 Å². The number of rotatable bonds is 4. The molecule has 1 fully saturated rings. The molecule has 1 atom stereocenters. The van der Waals surface area contributed by atoms with Gasteiger partial charge in [-0.2, -0.15) is 13.2 Å². The number of thioether (sulfide) groups is 1. The number of halogens is 4. The highest BCUT2D eigenvalue weighted by Gasteiger charge is 2.35. The van der Waals surface area contributed by atoms with Crippen molar-refractivity contribution in [2.24, 2.45) is 0 Å². The van der Waals surface area contributed by atoms with Gasteiger partial charge in [0.1, 0.15) is 5.75 Å². The van der Waals surface area contributed by atoms with Crippen molar-refractivity contribution in [3.63, 3.8) is 0 Å². The fraction of sp³-hybridized carbons (Fsp3) is 0.600. The van der Waals surface area contributed by atoms with Crippen LogP contribution >= 0.6 is 24.2 Å². The zero-order valence-electron chi connectivity index (χ0n) is 12.6. The lowest BCUT2D eigenvalue weighted by Gasteiger charge is -2.26. The summed E-state index contributed by atoms with van der Waals surface area (Å²) in [5.74, 6) is 1.17. The van der Waals surface area contributed by atoms with Gasteiger partial charge in [-0.1, -0.05) is 6.92 Å². The number of benzene rings is 1. The average molecular weight is 356 g/mol. The van der Waals surface area contributed by atoms with E-state index in [0.717, 1.165) is 37.6 Å². The third-order valence-electron chi connectivity index (χ3n) is 3.67. The van der Waals surface area contributed by atoms with E-state index < -0.39 is 11.7 Å². The molecule has 2 rings (SSSR count). The first-order valence-corrected chi connectivity index (χ1v) is 8.08. The smallest absolute Gasteiger partial charge is 0.417 e. The van der Waals surface area contributed by atoms with Gasteiger partial charge in [-0.3, -0.25) is 0 Å². The number of ether oxygens (including phenoxy) is 1. The fourth-order valence-corrected chi connectivity index (χ4v) is 3.54. The number of nitrogens with one attached hydrogen (secondary N) is 1. The predicted molar refractivity (Wildman–Crippen MR) is 86.5 cm³/mol. The Labute approximate surface area is 139 Å². The Bertz CT molecular complexity index is 490. The summed E-state index contributed by atoms with van der Waals surface area (Å²) in [4.78, 5) is 0.298. The first kappa shape index (κ1) is 19.5. The molecule has 2 nitrogen and oxygen atoms in total. The van der Waals surface area contributed by atoms with Gasteiger partial charge in [0.05, 0.1) is 12.7 Å². The van der Waals surface area contributed by atoms with Crippen LogP contribution in [0, 0.1) is 0 Å². The van der Waals surface area contributed by atoms with Gasteiger partial charge in [0, 0.05) is 17.4 Å². The molecule has 1 aromatic carbocycles. The molecule has 1 saturated heterocycles. The normalized spacial score (nSPS) is 18.7. The summed E-state index contributed by atoms with van der Waals surface area (Å²) < 4.78 is 44.8. The minimum Gasteiger partial charge on any atom is -0.496 e. The molecule has 1 aromatic rings. The Morgan fingerprint density at radius 3 is 2.59 bits per heavy atom. The Kier molecular flexibility index (Phi) is 7.35. The third-order valence-corrected chi connectivity index (χ3v) is 4.61. The van der Waals surface area contributed by atoms with Crippen molar-refractivity contribution >= 4 is 24.2 Å². The lowest BCUT2D eigenvalue weighted by Crippen LogP contribution is -2.28. The zero-order valence-corrected chi connectivity index (χ0v) is 14.3. The summed E-state index contributed by atoms with van der Waals surface area (Å²) in [5.41, 5.74) is 0.285. The standard InChI is InChI=1S/C15H20F3NOS.ClH/c1-3-21-14-7-11(10-5-4-6-19-9-10)13(20-2)8-12(14)15(16,17)18;/h7-8,10,19H,3-6,9H2,1-2H3;1H. The van der Waals surface area contributed by atoms with Gasteiger partial charge in [-0.05, 0) is 42.8 Å². The maximum atomic E-state index is 13.2. The first-order valence-electron chi connectivity index (χ1n) is 7.10. The molecule has 1 heterocycles. The van der Waals surface area contributed by atoms with E-state index >= 15 is 0 Å². The second-order valence-corrected chi connectivity index (χ2v) is 6.37. The summed E-state index contributed by atoms with van der Waals surface area (Å²) >= 11 is 1.23. The van der Waals surface area contributed by atoms with Gasteiger partial charge in [0.25, 0.3) is 0 Å². The van der Waals surface area contributed by atoms with E-state index in [0.29, 0.717) is 16.4 Å². The number of methoxy groups -OCH3 is 1. The van der Waals surface area contributed by atoms with Crippen molar-refractivity contribution in [1.82, 2.24) is 5.32 Å². The molecule has 7 heteroatoms. The Hall–Kier alpha value is -0.590. The summed E-state index contributed by atoms with van der Waals surface area (Å²) in [7, 11) is 1.43. The van der Waals surface area contributed by atoms with Crippen LogP contribution in [0.4, 0.5) is 13.2 Å². The Morgan fingerprint density at radius 2 is 2.09 bits per heavy atom. The van der Waals surface area contributed by atoms with Gasteiger partial charge in [0.15, 0.2) is 0 Å². The molecule has 0 aromatic heterocycles. The second-order valence-electron chi connectivity index (χ2n) is 5.06. The van der Waals surface area contributed by atoms with Crippen molar-refractivity contribution in [3.8, 4) is 5.75 Å². The number of hydrogen-bond acceptors (Lipinski definition) is 3. The minimum atomic E-state index is -4.35. The monoisotopic (exact) mass is 355 g/mol. The molecule has 1 aliphatic heterocycles. The molecule has 126 valence electrons. The van der Waals surface area contributed by atoms with Crippen LogP contribution in [0.1, 0.15) is 36.8 Å². The zero-order chi connectivity index (χ0) is 15.5. The predicted octanol–water partition coefficient (Wildman–Crippen LogP) is 4.71. The van der Waals surface area contributed by atoms with Gasteiger partial charge < -0.3 is 10.1 Å². The molecule has 0 amide bonds. The minimum absolute atomic E-state index is 0. The van der Waals surface area contributed by atoms with E-state index in [1.54, 1.807) is 6.07 Å². The Balaban J connectivity index is 0.00000242. The molecule has 0 radical (unpaired) electrons. The quantitative estimate of drug-likeness (QED) is 0.790. The van der Waals surface area contributed by atoms with Crippen molar-refractivity contribution < 1.29 is 17.9 Å². The van der Waals surface area contributed by atoms with Gasteiger partial charge in [-0.15, -0.1) is 24.2 Å². The number of alkyl halides is 3. The van der Waals surface area contributed by atoms with Crippen LogP contribution < -0.4 is 10.1 Å². The number of piperidine rings is 1. The van der Waals surface area contributed by atoms with Crippen LogP contribution in [0.2, 0.25) is 0 Å². The maximum Gasteiger partial charge on any atom is 0.417 e.